The highest BCUT2D eigenvalue weighted by molar-refractivity contribution is 6.00. The highest BCUT2D eigenvalue weighted by atomic mass is 16.3. The first-order chi connectivity index (χ1) is 10.8. The van der Waals surface area contributed by atoms with Crippen LogP contribution in [0, 0.1) is 28.6 Å². The van der Waals surface area contributed by atoms with Gasteiger partial charge in [-0.05, 0) is 47.5 Å². The first kappa shape index (κ1) is 16.9. The van der Waals surface area contributed by atoms with Gasteiger partial charge in [0.05, 0.1) is 12.7 Å². The Bertz CT molecular complexity index is 559. The molecule has 0 heterocycles. The molecule has 2 saturated carbocycles. The van der Waals surface area contributed by atoms with Crippen molar-refractivity contribution < 1.29 is 15.0 Å². The second-order valence-corrected chi connectivity index (χ2v) is 8.76. The molecule has 23 heavy (non-hydrogen) atoms. The molecule has 0 amide bonds. The Morgan fingerprint density at radius 2 is 2.00 bits per heavy atom. The van der Waals surface area contributed by atoms with Crippen LogP contribution in [0.2, 0.25) is 0 Å². The van der Waals surface area contributed by atoms with Crippen molar-refractivity contribution in [3.63, 3.8) is 0 Å². The highest BCUT2D eigenvalue weighted by Crippen LogP contribution is 2.63. The van der Waals surface area contributed by atoms with E-state index in [1.807, 2.05) is 0 Å². The molecule has 0 saturated heterocycles. The molecule has 0 aromatic heterocycles. The molecule has 3 heteroatoms. The number of hydrogen-bond acceptors (Lipinski definition) is 3. The van der Waals surface area contributed by atoms with Gasteiger partial charge in [-0.1, -0.05) is 39.8 Å². The molecule has 3 aliphatic carbocycles. The van der Waals surface area contributed by atoms with Gasteiger partial charge in [-0.25, -0.2) is 0 Å². The molecule has 5 atom stereocenters. The van der Waals surface area contributed by atoms with Crippen molar-refractivity contribution in [3.8, 4) is 0 Å². The fraction of sp³-hybridized carbons (Fsp3) is 0.750. The predicted molar refractivity (Wildman–Crippen MR) is 90.8 cm³/mol. The Morgan fingerprint density at radius 1 is 1.30 bits per heavy atom. The van der Waals surface area contributed by atoms with E-state index >= 15 is 0 Å². The number of aliphatic hydroxyl groups is 2. The van der Waals surface area contributed by atoms with Gasteiger partial charge in [0.25, 0.3) is 0 Å². The van der Waals surface area contributed by atoms with Crippen LogP contribution in [0.5, 0.6) is 0 Å². The minimum Gasteiger partial charge on any atom is -0.392 e. The molecule has 5 unspecified atom stereocenters. The Labute approximate surface area is 139 Å². The van der Waals surface area contributed by atoms with Crippen LogP contribution >= 0.6 is 0 Å². The maximum absolute atomic E-state index is 12.6. The van der Waals surface area contributed by atoms with Crippen molar-refractivity contribution in [2.24, 2.45) is 28.6 Å². The van der Waals surface area contributed by atoms with E-state index in [0.29, 0.717) is 17.9 Å². The zero-order chi connectivity index (χ0) is 17.0. The summed E-state index contributed by atoms with van der Waals surface area (Å²) in [5.74, 6) is 0.552. The maximum atomic E-state index is 12.6. The van der Waals surface area contributed by atoms with Gasteiger partial charge in [-0.2, -0.15) is 0 Å². The van der Waals surface area contributed by atoms with Gasteiger partial charge in [0.2, 0.25) is 0 Å². The summed E-state index contributed by atoms with van der Waals surface area (Å²) in [6.45, 7) is 10.5. The highest BCUT2D eigenvalue weighted by Gasteiger charge is 2.59. The number of allylic oxidation sites excluding steroid dienone is 2. The van der Waals surface area contributed by atoms with Crippen molar-refractivity contribution in [2.75, 3.05) is 6.61 Å². The molecular weight excluding hydrogens is 288 g/mol. The lowest BCUT2D eigenvalue weighted by Gasteiger charge is -2.61. The van der Waals surface area contributed by atoms with Crippen LogP contribution in [0.4, 0.5) is 0 Å². The third kappa shape index (κ3) is 2.35. The summed E-state index contributed by atoms with van der Waals surface area (Å²) in [6, 6.07) is 0. The second-order valence-electron chi connectivity index (χ2n) is 8.76. The van der Waals surface area contributed by atoms with Gasteiger partial charge >= 0.3 is 0 Å². The minimum absolute atomic E-state index is 0.0639. The molecule has 0 bridgehead atoms. The van der Waals surface area contributed by atoms with Gasteiger partial charge in [-0.15, -0.1) is 0 Å². The third-order valence-corrected chi connectivity index (χ3v) is 7.28. The van der Waals surface area contributed by atoms with Gasteiger partial charge < -0.3 is 10.2 Å². The fourth-order valence-corrected chi connectivity index (χ4v) is 6.20. The van der Waals surface area contributed by atoms with Gasteiger partial charge in [0.1, 0.15) is 0 Å². The number of carbonyl (C=O) groups excluding carboxylic acids is 1. The summed E-state index contributed by atoms with van der Waals surface area (Å²) in [5, 5.41) is 20.8. The van der Waals surface area contributed by atoms with Crippen LogP contribution < -0.4 is 0 Å². The zero-order valence-electron chi connectivity index (χ0n) is 14.6. The molecule has 0 aromatic rings. The van der Waals surface area contributed by atoms with E-state index in [1.165, 1.54) is 12.8 Å². The predicted octanol–water partition coefficient (Wildman–Crippen LogP) is 3.26. The molecule has 3 nitrogen and oxygen atoms in total. The quantitative estimate of drug-likeness (QED) is 0.821. The lowest BCUT2D eigenvalue weighted by Crippen LogP contribution is -2.58. The van der Waals surface area contributed by atoms with Crippen LogP contribution in [-0.2, 0) is 4.79 Å². The minimum atomic E-state index is -0.472. The fourth-order valence-electron chi connectivity index (χ4n) is 6.20. The SMILES string of the molecule is C=CC1=C(CO)C2C(O)CC3C(C)(C)CCCC3(C)C2CC1=O. The van der Waals surface area contributed by atoms with Crippen LogP contribution in [0.1, 0.15) is 52.9 Å². The van der Waals surface area contributed by atoms with Crippen molar-refractivity contribution in [1.29, 1.82) is 0 Å². The second kappa shape index (κ2) is 5.56. The Morgan fingerprint density at radius 3 is 2.61 bits per heavy atom. The summed E-state index contributed by atoms with van der Waals surface area (Å²) >= 11 is 0. The summed E-state index contributed by atoms with van der Waals surface area (Å²) < 4.78 is 0. The standard InChI is InChI=1S/C20H30O3/c1-5-12-13(11-21)18-14(9-15(12)22)20(4)8-6-7-19(2,3)17(20)10-16(18)23/h5,14,16-18,21,23H,1,6-11H2,2-4H3. The molecule has 0 aliphatic heterocycles. The van der Waals surface area contributed by atoms with Crippen LogP contribution in [-0.4, -0.2) is 28.7 Å². The van der Waals surface area contributed by atoms with Crippen LogP contribution in [0.25, 0.3) is 0 Å². The molecule has 2 N–H and O–H groups in total. The molecule has 3 aliphatic rings. The van der Waals surface area contributed by atoms with Crippen molar-refractivity contribution in [3.05, 3.63) is 23.8 Å². The molecule has 0 aromatic carbocycles. The average molecular weight is 318 g/mol. The van der Waals surface area contributed by atoms with Crippen molar-refractivity contribution >= 4 is 5.78 Å². The summed E-state index contributed by atoms with van der Waals surface area (Å²) in [6.07, 6.45) is 5.83. The average Bonchev–Trinajstić information content (AvgIpc) is 2.48. The van der Waals surface area contributed by atoms with Crippen molar-refractivity contribution in [1.82, 2.24) is 0 Å². The van der Waals surface area contributed by atoms with E-state index < -0.39 is 6.10 Å². The number of aliphatic hydroxyl groups excluding tert-OH is 2. The van der Waals surface area contributed by atoms with Gasteiger partial charge in [-0.3, -0.25) is 4.79 Å². The number of Topliss-reactive ketones (excluding diaryl/α,β-unsaturated/α-hetero) is 1. The zero-order valence-corrected chi connectivity index (χ0v) is 14.6. The molecular formula is C20H30O3. The number of carbonyl (C=O) groups is 1. The number of fused-ring (bicyclic) bond motifs is 3. The topological polar surface area (TPSA) is 57.5 Å². The van der Waals surface area contributed by atoms with E-state index in [9.17, 15) is 15.0 Å². The molecule has 128 valence electrons. The summed E-state index contributed by atoms with van der Waals surface area (Å²) in [5.41, 5.74) is 1.53. The Balaban J connectivity index is 2.10. The normalized spacial score (nSPS) is 42.9. The first-order valence-electron chi connectivity index (χ1n) is 8.94. The molecule has 0 spiro atoms. The molecule has 2 fully saturated rings. The van der Waals surface area contributed by atoms with Gasteiger partial charge in [0, 0.05) is 17.9 Å². The molecule has 3 rings (SSSR count). The van der Waals surface area contributed by atoms with Gasteiger partial charge in [0.15, 0.2) is 5.78 Å². The number of hydrogen-bond donors (Lipinski definition) is 2. The van der Waals surface area contributed by atoms with Crippen LogP contribution in [0.15, 0.2) is 23.8 Å². The maximum Gasteiger partial charge on any atom is 0.163 e. The Hall–Kier alpha value is -0.930. The van der Waals surface area contributed by atoms with E-state index in [1.54, 1.807) is 6.08 Å². The molecule has 0 radical (unpaired) electrons. The largest absolute Gasteiger partial charge is 0.392 e. The third-order valence-electron chi connectivity index (χ3n) is 7.28. The van der Waals surface area contributed by atoms with E-state index in [4.69, 9.17) is 0 Å². The lowest BCUT2D eigenvalue weighted by atomic mass is 9.43. The van der Waals surface area contributed by atoms with Crippen molar-refractivity contribution in [2.45, 2.75) is 59.0 Å². The smallest absolute Gasteiger partial charge is 0.163 e. The Kier molecular flexibility index (Phi) is 4.09. The number of rotatable bonds is 2. The lowest BCUT2D eigenvalue weighted by molar-refractivity contribution is -0.148. The first-order valence-corrected chi connectivity index (χ1v) is 8.94. The summed E-state index contributed by atoms with van der Waals surface area (Å²) in [4.78, 5) is 12.6. The van der Waals surface area contributed by atoms with E-state index in [2.05, 4.69) is 27.4 Å². The van der Waals surface area contributed by atoms with E-state index in [0.717, 1.165) is 18.4 Å². The van der Waals surface area contributed by atoms with Crippen LogP contribution in [0.3, 0.4) is 0 Å². The van der Waals surface area contributed by atoms with E-state index in [-0.39, 0.29) is 35.1 Å². The monoisotopic (exact) mass is 318 g/mol. The summed E-state index contributed by atoms with van der Waals surface area (Å²) in [7, 11) is 0. The number of ketones is 1.